The highest BCUT2D eigenvalue weighted by Gasteiger charge is 2.12. The number of rotatable bonds is 7. The molecule has 0 aliphatic heterocycles. The van der Waals surface area contributed by atoms with Crippen molar-refractivity contribution in [2.45, 2.75) is 20.8 Å². The number of nitriles is 1. The Morgan fingerprint density at radius 3 is 2.25 bits per heavy atom. The lowest BCUT2D eigenvalue weighted by Crippen LogP contribution is -2.10. The third-order valence-corrected chi connectivity index (χ3v) is 3.51. The predicted octanol–water partition coefficient (Wildman–Crippen LogP) is 4.69. The van der Waals surface area contributed by atoms with Gasteiger partial charge in [-0.15, -0.1) is 0 Å². The Morgan fingerprint density at radius 2 is 1.62 bits per heavy atom. The molecule has 0 unspecified atom stereocenters. The van der Waals surface area contributed by atoms with Crippen LogP contribution in [0.2, 0.25) is 5.02 Å². The van der Waals surface area contributed by atoms with Gasteiger partial charge in [0.2, 0.25) is 0 Å². The first-order valence-electron chi connectivity index (χ1n) is 7.73. The fourth-order valence-corrected chi connectivity index (χ4v) is 2.62. The average Bonchev–Trinajstić information content (AvgIpc) is 2.52. The molecule has 0 amide bonds. The summed E-state index contributed by atoms with van der Waals surface area (Å²) in [4.78, 5) is 0. The molecule has 24 heavy (non-hydrogen) atoms. The van der Waals surface area contributed by atoms with E-state index in [1.54, 1.807) is 12.1 Å². The van der Waals surface area contributed by atoms with Crippen LogP contribution in [0.15, 0.2) is 30.3 Å². The third-order valence-electron chi connectivity index (χ3n) is 3.23. The fraction of sp³-hybridized carbons (Fsp3) is 0.316. The third kappa shape index (κ3) is 4.81. The summed E-state index contributed by atoms with van der Waals surface area (Å²) in [5.74, 6) is 1.71. The van der Waals surface area contributed by atoms with E-state index in [-0.39, 0.29) is 0 Å². The molecule has 0 heterocycles. The first-order chi connectivity index (χ1) is 11.5. The number of hydrogen-bond donors (Lipinski definition) is 0. The zero-order valence-electron chi connectivity index (χ0n) is 14.1. The maximum atomic E-state index is 9.01. The lowest BCUT2D eigenvalue weighted by Gasteiger charge is -2.14. The topological polar surface area (TPSA) is 51.5 Å². The largest absolute Gasteiger partial charge is 0.490 e. The highest BCUT2D eigenvalue weighted by molar-refractivity contribution is 6.32. The van der Waals surface area contributed by atoms with Gasteiger partial charge in [-0.1, -0.05) is 17.7 Å². The molecule has 0 aromatic heterocycles. The van der Waals surface area contributed by atoms with E-state index in [1.807, 2.05) is 39.0 Å². The zero-order valence-corrected chi connectivity index (χ0v) is 14.8. The molecule has 0 radical (unpaired) electrons. The lowest BCUT2D eigenvalue weighted by molar-refractivity contribution is 0.208. The minimum atomic E-state index is 0.318. The first-order valence-corrected chi connectivity index (χ1v) is 8.11. The van der Waals surface area contributed by atoms with E-state index in [9.17, 15) is 0 Å². The van der Waals surface area contributed by atoms with Crippen molar-refractivity contribution >= 4 is 11.6 Å². The van der Waals surface area contributed by atoms with E-state index in [1.165, 1.54) is 0 Å². The van der Waals surface area contributed by atoms with Crippen molar-refractivity contribution in [3.63, 3.8) is 0 Å². The molecule has 2 rings (SSSR count). The van der Waals surface area contributed by atoms with Crippen molar-refractivity contribution in [1.29, 1.82) is 5.26 Å². The molecule has 0 bridgehead atoms. The molecule has 0 spiro atoms. The van der Waals surface area contributed by atoms with Crippen LogP contribution in [0, 0.1) is 25.2 Å². The van der Waals surface area contributed by atoms with Gasteiger partial charge in [-0.25, -0.2) is 0 Å². The van der Waals surface area contributed by atoms with Crippen LogP contribution < -0.4 is 14.2 Å². The normalized spacial score (nSPS) is 10.1. The van der Waals surface area contributed by atoms with Crippen LogP contribution in [0.4, 0.5) is 0 Å². The molecule has 0 aliphatic rings. The van der Waals surface area contributed by atoms with Crippen LogP contribution in [0.5, 0.6) is 17.2 Å². The molecular formula is C19H20ClNO3. The highest BCUT2D eigenvalue weighted by atomic mass is 35.5. The summed E-state index contributed by atoms with van der Waals surface area (Å²) >= 11 is 6.19. The summed E-state index contributed by atoms with van der Waals surface area (Å²) in [6.07, 6.45) is 0. The number of ether oxygens (including phenoxy) is 3. The molecule has 0 saturated heterocycles. The Labute approximate surface area is 147 Å². The second-order valence-electron chi connectivity index (χ2n) is 5.35. The second-order valence-corrected chi connectivity index (χ2v) is 5.76. The second kappa shape index (κ2) is 8.47. The van der Waals surface area contributed by atoms with Gasteiger partial charge in [-0.05, 0) is 50.1 Å². The SMILES string of the molecule is CCOc1cc(C#N)cc(Cl)c1OCCOc1cc(C)cc(C)c1. The zero-order chi connectivity index (χ0) is 17.5. The van der Waals surface area contributed by atoms with Gasteiger partial charge in [0.15, 0.2) is 11.5 Å². The summed E-state index contributed by atoms with van der Waals surface area (Å²) in [5, 5.41) is 9.36. The molecule has 0 fully saturated rings. The predicted molar refractivity (Wildman–Crippen MR) is 94.2 cm³/mol. The number of benzene rings is 2. The van der Waals surface area contributed by atoms with Crippen LogP contribution in [0.25, 0.3) is 0 Å². The highest BCUT2D eigenvalue weighted by Crippen LogP contribution is 2.36. The summed E-state index contributed by atoms with van der Waals surface area (Å²) in [6.45, 7) is 7.08. The quantitative estimate of drug-likeness (QED) is 0.683. The molecule has 0 N–H and O–H groups in total. The molecular weight excluding hydrogens is 326 g/mol. The molecule has 126 valence electrons. The maximum Gasteiger partial charge on any atom is 0.179 e. The molecule has 2 aromatic rings. The van der Waals surface area contributed by atoms with Gasteiger partial charge in [-0.2, -0.15) is 5.26 Å². The Balaban J connectivity index is 2.00. The van der Waals surface area contributed by atoms with Gasteiger partial charge in [0, 0.05) is 6.07 Å². The van der Waals surface area contributed by atoms with Gasteiger partial charge in [0.25, 0.3) is 0 Å². The summed E-state index contributed by atoms with van der Waals surface area (Å²) < 4.78 is 16.9. The molecule has 0 atom stereocenters. The molecule has 4 nitrogen and oxygen atoms in total. The number of aryl methyl sites for hydroxylation is 2. The van der Waals surface area contributed by atoms with Crippen molar-refractivity contribution in [2.75, 3.05) is 19.8 Å². The summed E-state index contributed by atoms with van der Waals surface area (Å²) in [6, 6.07) is 11.3. The van der Waals surface area contributed by atoms with Crippen LogP contribution in [0.1, 0.15) is 23.6 Å². The van der Waals surface area contributed by atoms with Crippen LogP contribution >= 0.6 is 11.6 Å². The molecule has 2 aromatic carbocycles. The monoisotopic (exact) mass is 345 g/mol. The Hall–Kier alpha value is -2.38. The summed E-state index contributed by atoms with van der Waals surface area (Å²) in [7, 11) is 0. The standard InChI is InChI=1S/C19H20ClNO3/c1-4-22-18-11-15(12-21)10-17(20)19(18)24-6-5-23-16-8-13(2)7-14(3)9-16/h7-11H,4-6H2,1-3H3. The van der Waals surface area contributed by atoms with E-state index >= 15 is 0 Å². The Morgan fingerprint density at radius 1 is 0.958 bits per heavy atom. The maximum absolute atomic E-state index is 9.01. The van der Waals surface area contributed by atoms with E-state index in [4.69, 9.17) is 31.1 Å². The number of halogens is 1. The van der Waals surface area contributed by atoms with Gasteiger partial charge in [-0.3, -0.25) is 0 Å². The van der Waals surface area contributed by atoms with E-state index < -0.39 is 0 Å². The first kappa shape index (κ1) is 18.0. The Kier molecular flexibility index (Phi) is 6.34. The van der Waals surface area contributed by atoms with Gasteiger partial charge in [0.1, 0.15) is 19.0 Å². The van der Waals surface area contributed by atoms with Crippen LogP contribution in [-0.2, 0) is 0 Å². The van der Waals surface area contributed by atoms with Crippen LogP contribution in [-0.4, -0.2) is 19.8 Å². The summed E-state index contributed by atoms with van der Waals surface area (Å²) in [5.41, 5.74) is 2.74. The smallest absolute Gasteiger partial charge is 0.179 e. The molecule has 0 saturated carbocycles. The van der Waals surface area contributed by atoms with E-state index in [0.717, 1.165) is 16.9 Å². The number of nitrogens with zero attached hydrogens (tertiary/aromatic N) is 1. The van der Waals surface area contributed by atoms with Gasteiger partial charge >= 0.3 is 0 Å². The average molecular weight is 346 g/mol. The number of hydrogen-bond acceptors (Lipinski definition) is 4. The van der Waals surface area contributed by atoms with E-state index in [2.05, 4.69) is 6.07 Å². The van der Waals surface area contributed by atoms with Crippen molar-refractivity contribution < 1.29 is 14.2 Å². The van der Waals surface area contributed by atoms with Gasteiger partial charge < -0.3 is 14.2 Å². The molecule has 0 aliphatic carbocycles. The minimum Gasteiger partial charge on any atom is -0.490 e. The lowest BCUT2D eigenvalue weighted by atomic mass is 10.1. The van der Waals surface area contributed by atoms with Crippen molar-refractivity contribution in [3.8, 4) is 23.3 Å². The van der Waals surface area contributed by atoms with Crippen molar-refractivity contribution in [3.05, 3.63) is 52.0 Å². The van der Waals surface area contributed by atoms with Crippen molar-refractivity contribution in [2.24, 2.45) is 0 Å². The van der Waals surface area contributed by atoms with Crippen LogP contribution in [0.3, 0.4) is 0 Å². The fourth-order valence-electron chi connectivity index (χ4n) is 2.36. The minimum absolute atomic E-state index is 0.318. The molecule has 5 heteroatoms. The Bertz CT molecular complexity index is 733. The van der Waals surface area contributed by atoms with Gasteiger partial charge in [0.05, 0.1) is 23.3 Å². The van der Waals surface area contributed by atoms with E-state index in [0.29, 0.717) is 41.9 Å². The van der Waals surface area contributed by atoms with Crippen molar-refractivity contribution in [1.82, 2.24) is 0 Å².